The second kappa shape index (κ2) is 11.4. The fourth-order valence-corrected chi connectivity index (χ4v) is 7.46. The summed E-state index contributed by atoms with van der Waals surface area (Å²) in [5.41, 5.74) is 8.17. The maximum atomic E-state index is 7.21. The highest BCUT2D eigenvalue weighted by molar-refractivity contribution is 6.01. The van der Waals surface area contributed by atoms with Crippen LogP contribution in [0.2, 0.25) is 0 Å². The highest BCUT2D eigenvalue weighted by atomic mass is 16.5. The van der Waals surface area contributed by atoms with E-state index in [4.69, 9.17) is 14.5 Å². The van der Waals surface area contributed by atoms with Gasteiger partial charge in [-0.05, 0) is 96.4 Å². The van der Waals surface area contributed by atoms with E-state index in [0.717, 1.165) is 34.7 Å². The zero-order valence-corrected chi connectivity index (χ0v) is 28.7. The van der Waals surface area contributed by atoms with Gasteiger partial charge in [-0.25, -0.2) is 0 Å². The smallest absolute Gasteiger partial charge is 0.228 e. The number of rotatable bonds is 7. The molecular formula is C41H44N4O2. The van der Waals surface area contributed by atoms with Gasteiger partial charge in [-0.3, -0.25) is 4.99 Å². The number of fused-ring (bicyclic) bond motifs is 4. The Labute approximate surface area is 278 Å². The molecule has 1 unspecified atom stereocenters. The molecule has 0 saturated carbocycles. The third kappa shape index (κ3) is 4.89. The van der Waals surface area contributed by atoms with E-state index in [1.165, 1.54) is 39.0 Å². The largest absolute Gasteiger partial charge is 0.497 e. The SMILES string of the molecule is COc1ccc2c(c1)C(C)(C)C1(C=Nc3c(cc(CC(c4ccc(N(C)C)cc4)c4ccc(N(C)C)cc4)c4ccccc34)O1)N2C. The lowest BCUT2D eigenvalue weighted by Crippen LogP contribution is -2.61. The molecule has 0 fully saturated rings. The lowest BCUT2D eigenvalue weighted by molar-refractivity contribution is 0.0825. The van der Waals surface area contributed by atoms with Crippen molar-refractivity contribution in [2.24, 2.45) is 4.99 Å². The summed E-state index contributed by atoms with van der Waals surface area (Å²) in [5, 5.41) is 2.31. The fraction of sp³-hybridized carbons (Fsp3) is 0.293. The van der Waals surface area contributed by atoms with Crippen LogP contribution in [0.4, 0.5) is 22.7 Å². The van der Waals surface area contributed by atoms with Crippen molar-refractivity contribution in [3.63, 3.8) is 0 Å². The Bertz CT molecular complexity index is 1930. The predicted molar refractivity (Wildman–Crippen MR) is 197 cm³/mol. The Kier molecular flexibility index (Phi) is 7.42. The van der Waals surface area contributed by atoms with Crippen molar-refractivity contribution in [3.05, 3.63) is 119 Å². The minimum atomic E-state index is -0.794. The summed E-state index contributed by atoms with van der Waals surface area (Å²) in [4.78, 5) is 11.7. The minimum Gasteiger partial charge on any atom is -0.497 e. The van der Waals surface area contributed by atoms with E-state index < -0.39 is 11.1 Å². The molecule has 5 aromatic rings. The third-order valence-electron chi connectivity index (χ3n) is 10.4. The first kappa shape index (κ1) is 30.7. The summed E-state index contributed by atoms with van der Waals surface area (Å²) < 4.78 is 12.8. The van der Waals surface area contributed by atoms with Crippen LogP contribution in [0.3, 0.4) is 0 Å². The Hall–Kier alpha value is -4.97. The summed E-state index contributed by atoms with van der Waals surface area (Å²) in [6.45, 7) is 4.47. The number of anilines is 3. The van der Waals surface area contributed by atoms with Gasteiger partial charge in [0.05, 0.1) is 18.7 Å². The van der Waals surface area contributed by atoms with Crippen molar-refractivity contribution in [1.82, 2.24) is 0 Å². The second-order valence-corrected chi connectivity index (χ2v) is 13.8. The van der Waals surface area contributed by atoms with Crippen molar-refractivity contribution >= 4 is 39.7 Å². The first-order valence-corrected chi connectivity index (χ1v) is 16.3. The molecule has 0 amide bonds. The van der Waals surface area contributed by atoms with Crippen LogP contribution in [0.15, 0.2) is 102 Å². The Morgan fingerprint density at radius 2 is 1.38 bits per heavy atom. The Morgan fingerprint density at radius 3 is 1.96 bits per heavy atom. The van der Waals surface area contributed by atoms with Crippen LogP contribution in [0.5, 0.6) is 11.5 Å². The zero-order valence-electron chi connectivity index (χ0n) is 28.7. The van der Waals surface area contributed by atoms with Gasteiger partial charge in [0.15, 0.2) is 0 Å². The highest BCUT2D eigenvalue weighted by Crippen LogP contribution is 2.55. The van der Waals surface area contributed by atoms with Crippen molar-refractivity contribution in [3.8, 4) is 11.5 Å². The number of aliphatic imine (C=N–C) groups is 1. The quantitative estimate of drug-likeness (QED) is 0.181. The van der Waals surface area contributed by atoms with Crippen LogP contribution in [0.25, 0.3) is 10.8 Å². The molecule has 47 heavy (non-hydrogen) atoms. The number of benzene rings is 5. The maximum absolute atomic E-state index is 7.21. The van der Waals surface area contributed by atoms with Gasteiger partial charge in [-0.1, -0.05) is 48.5 Å². The molecule has 2 heterocycles. The molecule has 240 valence electrons. The monoisotopic (exact) mass is 624 g/mol. The zero-order chi connectivity index (χ0) is 33.1. The summed E-state index contributed by atoms with van der Waals surface area (Å²) in [7, 11) is 12.1. The van der Waals surface area contributed by atoms with Crippen LogP contribution in [-0.4, -0.2) is 54.3 Å². The molecule has 0 bridgehead atoms. The van der Waals surface area contributed by atoms with Gasteiger partial charge >= 0.3 is 0 Å². The molecule has 0 N–H and O–H groups in total. The first-order valence-electron chi connectivity index (χ1n) is 16.3. The molecule has 0 saturated heterocycles. The van der Waals surface area contributed by atoms with E-state index in [2.05, 4.69) is 155 Å². The summed E-state index contributed by atoms with van der Waals surface area (Å²) in [5.74, 6) is 1.80. The lowest BCUT2D eigenvalue weighted by Gasteiger charge is -2.45. The lowest BCUT2D eigenvalue weighted by atomic mass is 9.77. The minimum absolute atomic E-state index is 0.146. The first-order chi connectivity index (χ1) is 22.5. The second-order valence-electron chi connectivity index (χ2n) is 13.8. The van der Waals surface area contributed by atoms with Crippen molar-refractivity contribution in [2.75, 3.05) is 57.0 Å². The molecular weight excluding hydrogens is 580 g/mol. The summed E-state index contributed by atoms with van der Waals surface area (Å²) >= 11 is 0. The third-order valence-corrected chi connectivity index (χ3v) is 10.4. The summed E-state index contributed by atoms with van der Waals surface area (Å²) in [6.07, 6.45) is 2.82. The number of nitrogens with zero attached hydrogens (tertiary/aromatic N) is 4. The standard InChI is InChI=1S/C41H44N4O2/c1-40(2)36-25-32(46-8)21-22-37(36)45(7)41(40)26-42-39-34-12-10-9-11-33(34)29(24-38(39)47-41)23-35(27-13-17-30(18-14-27)43(3)4)28-15-19-31(20-16-28)44(5)6/h9-22,24-26,35H,23H2,1-8H3. The number of hydrogen-bond donors (Lipinski definition) is 0. The average molecular weight is 625 g/mol. The van der Waals surface area contributed by atoms with Gasteiger partial charge in [0.25, 0.3) is 0 Å². The van der Waals surface area contributed by atoms with Crippen LogP contribution in [0, 0.1) is 0 Å². The molecule has 5 aromatic carbocycles. The number of likely N-dealkylation sites (N-methyl/N-ethyl adjacent to an activating group) is 1. The number of hydrogen-bond acceptors (Lipinski definition) is 6. The van der Waals surface area contributed by atoms with Gasteiger partial charge < -0.3 is 24.2 Å². The van der Waals surface area contributed by atoms with Gasteiger partial charge in [-0.2, -0.15) is 0 Å². The van der Waals surface area contributed by atoms with Gasteiger partial charge in [0.1, 0.15) is 17.2 Å². The maximum Gasteiger partial charge on any atom is 0.228 e. The molecule has 1 spiro atoms. The number of methoxy groups -OCH3 is 1. The van der Waals surface area contributed by atoms with E-state index in [0.29, 0.717) is 0 Å². The van der Waals surface area contributed by atoms with E-state index in [1.807, 2.05) is 12.3 Å². The van der Waals surface area contributed by atoms with Gasteiger partial charge in [-0.15, -0.1) is 0 Å². The van der Waals surface area contributed by atoms with E-state index in [1.54, 1.807) is 7.11 Å². The van der Waals surface area contributed by atoms with Gasteiger partial charge in [0, 0.05) is 63.6 Å². The topological polar surface area (TPSA) is 40.5 Å². The normalized spacial score (nSPS) is 17.5. The van der Waals surface area contributed by atoms with Crippen LogP contribution >= 0.6 is 0 Å². The molecule has 0 aromatic heterocycles. The van der Waals surface area contributed by atoms with Crippen molar-refractivity contribution in [2.45, 2.75) is 37.3 Å². The van der Waals surface area contributed by atoms with Crippen LogP contribution in [-0.2, 0) is 11.8 Å². The van der Waals surface area contributed by atoms with E-state index in [-0.39, 0.29) is 5.92 Å². The van der Waals surface area contributed by atoms with E-state index in [9.17, 15) is 0 Å². The van der Waals surface area contributed by atoms with Crippen LogP contribution in [0.1, 0.15) is 42.0 Å². The fourth-order valence-electron chi connectivity index (χ4n) is 7.46. The highest BCUT2D eigenvalue weighted by Gasteiger charge is 2.58. The summed E-state index contributed by atoms with van der Waals surface area (Å²) in [6, 6.07) is 35.1. The molecule has 0 aliphatic carbocycles. The van der Waals surface area contributed by atoms with Gasteiger partial charge in [0.2, 0.25) is 5.72 Å². The predicted octanol–water partition coefficient (Wildman–Crippen LogP) is 8.57. The Balaban J connectivity index is 1.34. The Morgan fingerprint density at radius 1 is 0.787 bits per heavy atom. The molecule has 2 aliphatic heterocycles. The average Bonchev–Trinajstić information content (AvgIpc) is 3.24. The van der Waals surface area contributed by atoms with E-state index >= 15 is 0 Å². The molecule has 6 nitrogen and oxygen atoms in total. The molecule has 7 rings (SSSR count). The van der Waals surface area contributed by atoms with Crippen molar-refractivity contribution < 1.29 is 9.47 Å². The molecule has 1 atom stereocenters. The molecule has 6 heteroatoms. The molecule has 2 aliphatic rings. The van der Waals surface area contributed by atoms with Crippen molar-refractivity contribution in [1.29, 1.82) is 0 Å². The number of ether oxygens (including phenoxy) is 2. The molecule has 0 radical (unpaired) electrons. The van der Waals surface area contributed by atoms with Crippen LogP contribution < -0.4 is 24.2 Å².